The third-order valence-electron chi connectivity index (χ3n) is 5.45. The van der Waals surface area contributed by atoms with Crippen LogP contribution in [0.1, 0.15) is 33.6 Å². The van der Waals surface area contributed by atoms with Crippen molar-refractivity contribution in [1.82, 2.24) is 25.1 Å². The third kappa shape index (κ3) is 6.21. The van der Waals surface area contributed by atoms with E-state index in [-0.39, 0.29) is 18.0 Å². The second-order valence-electron chi connectivity index (χ2n) is 9.31. The minimum atomic E-state index is -0.507. The number of ether oxygens (including phenoxy) is 3. The number of benzene rings is 1. The van der Waals surface area contributed by atoms with Crippen LogP contribution < -0.4 is 14.8 Å². The topological polar surface area (TPSA) is 119 Å². The first-order valence-corrected chi connectivity index (χ1v) is 11.6. The van der Waals surface area contributed by atoms with Crippen LogP contribution in [-0.2, 0) is 4.74 Å². The highest BCUT2D eigenvalue weighted by atomic mass is 16.6. The highest BCUT2D eigenvalue weighted by molar-refractivity contribution is 5.71. The highest BCUT2D eigenvalue weighted by Crippen LogP contribution is 2.34. The molecule has 188 valence electrons. The number of carbonyl (C=O) groups excluding carboxylic acids is 1. The van der Waals surface area contributed by atoms with Gasteiger partial charge in [-0.15, -0.1) is 4.98 Å². The van der Waals surface area contributed by atoms with Crippen LogP contribution in [0.15, 0.2) is 36.7 Å². The van der Waals surface area contributed by atoms with Crippen molar-refractivity contribution in [3.63, 3.8) is 0 Å². The van der Waals surface area contributed by atoms with E-state index in [4.69, 9.17) is 20.8 Å². The smallest absolute Gasteiger partial charge is 0.410 e. The molecular formula is C25H29N7O4. The van der Waals surface area contributed by atoms with Gasteiger partial charge in [-0.25, -0.2) is 9.78 Å². The summed E-state index contributed by atoms with van der Waals surface area (Å²) in [7, 11) is 1.60. The molecule has 1 fully saturated rings. The lowest BCUT2D eigenvalue weighted by Crippen LogP contribution is -2.44. The number of carbonyl (C=O) groups is 1. The van der Waals surface area contributed by atoms with Crippen molar-refractivity contribution in [1.29, 1.82) is 0 Å². The first-order chi connectivity index (χ1) is 17.2. The number of aromatic amines is 1. The van der Waals surface area contributed by atoms with Gasteiger partial charge in [0.1, 0.15) is 23.2 Å². The van der Waals surface area contributed by atoms with Gasteiger partial charge >= 0.3 is 6.09 Å². The molecule has 1 saturated heterocycles. The van der Waals surface area contributed by atoms with Gasteiger partial charge in [0.25, 0.3) is 5.82 Å². The van der Waals surface area contributed by atoms with Crippen LogP contribution >= 0.6 is 0 Å². The van der Waals surface area contributed by atoms with Gasteiger partial charge in [0.05, 0.1) is 19.0 Å². The molecule has 1 aliphatic rings. The Morgan fingerprint density at radius 3 is 2.58 bits per heavy atom. The van der Waals surface area contributed by atoms with Gasteiger partial charge < -0.3 is 29.3 Å². The van der Waals surface area contributed by atoms with Crippen molar-refractivity contribution >= 4 is 23.5 Å². The molecule has 0 saturated carbocycles. The van der Waals surface area contributed by atoms with Gasteiger partial charge in [0.2, 0.25) is 0 Å². The summed E-state index contributed by atoms with van der Waals surface area (Å²) < 4.78 is 17.3. The molecule has 2 aromatic heterocycles. The zero-order chi connectivity index (χ0) is 25.7. The van der Waals surface area contributed by atoms with Crippen LogP contribution in [0.4, 0.5) is 22.2 Å². The van der Waals surface area contributed by atoms with Crippen LogP contribution in [0.25, 0.3) is 16.1 Å². The predicted molar refractivity (Wildman–Crippen MR) is 134 cm³/mol. The number of aromatic nitrogens is 4. The average molecular weight is 492 g/mol. The fraction of sp³-hybridized carbons (Fsp3) is 0.400. The zero-order valence-corrected chi connectivity index (χ0v) is 20.7. The van der Waals surface area contributed by atoms with Gasteiger partial charge in [0, 0.05) is 43.6 Å². The Morgan fingerprint density at radius 1 is 1.17 bits per heavy atom. The van der Waals surface area contributed by atoms with Crippen molar-refractivity contribution in [2.75, 3.05) is 25.5 Å². The zero-order valence-electron chi connectivity index (χ0n) is 20.7. The molecule has 3 aromatic rings. The third-order valence-corrected chi connectivity index (χ3v) is 5.45. The highest BCUT2D eigenvalue weighted by Gasteiger charge is 2.27. The maximum absolute atomic E-state index is 12.3. The minimum Gasteiger partial charge on any atom is -0.496 e. The van der Waals surface area contributed by atoms with E-state index in [1.54, 1.807) is 12.0 Å². The summed E-state index contributed by atoms with van der Waals surface area (Å²) in [6.07, 6.45) is 4.03. The molecule has 0 radical (unpaired) electrons. The van der Waals surface area contributed by atoms with E-state index < -0.39 is 5.60 Å². The van der Waals surface area contributed by atoms with E-state index in [0.717, 1.165) is 24.1 Å². The van der Waals surface area contributed by atoms with Crippen molar-refractivity contribution in [2.45, 2.75) is 45.3 Å². The molecule has 4 rings (SSSR count). The Balaban J connectivity index is 1.37. The number of nitrogens with zero attached hydrogens (tertiary/aromatic N) is 5. The number of hydrogen-bond donors (Lipinski definition) is 2. The van der Waals surface area contributed by atoms with E-state index in [1.807, 2.05) is 45.0 Å². The number of anilines is 2. The van der Waals surface area contributed by atoms with Gasteiger partial charge in [0.15, 0.2) is 17.8 Å². The number of methoxy groups -OCH3 is 1. The van der Waals surface area contributed by atoms with Crippen molar-refractivity contribution < 1.29 is 19.0 Å². The largest absolute Gasteiger partial charge is 0.496 e. The number of nitrogens with one attached hydrogen (secondary N) is 2. The van der Waals surface area contributed by atoms with E-state index in [1.165, 1.54) is 12.4 Å². The molecule has 0 bridgehead atoms. The first kappa shape index (κ1) is 24.8. The van der Waals surface area contributed by atoms with Crippen LogP contribution in [0.2, 0.25) is 0 Å². The lowest BCUT2D eigenvalue weighted by Gasteiger charge is -2.33. The van der Waals surface area contributed by atoms with Gasteiger partial charge in [-0.05, 0) is 32.9 Å². The molecule has 36 heavy (non-hydrogen) atoms. The lowest BCUT2D eigenvalue weighted by atomic mass is 10.1. The molecule has 1 aromatic carbocycles. The van der Waals surface area contributed by atoms with Crippen LogP contribution in [0, 0.1) is 6.57 Å². The number of likely N-dealkylation sites (tertiary alicyclic amines) is 1. The van der Waals surface area contributed by atoms with Crippen LogP contribution in [0.5, 0.6) is 11.5 Å². The maximum atomic E-state index is 12.3. The molecule has 0 spiro atoms. The molecule has 11 nitrogen and oxygen atoms in total. The Bertz CT molecular complexity index is 1240. The monoisotopic (exact) mass is 491 g/mol. The SMILES string of the molecule is [C-]#[N+]c1cnc(Nc2cc(-c3ccc(OC4CCN(C(=O)OC(C)(C)C)CC4)cc3OC)[nH]n2)cn1. The van der Waals surface area contributed by atoms with E-state index in [0.29, 0.717) is 36.2 Å². The summed E-state index contributed by atoms with van der Waals surface area (Å²) in [6, 6.07) is 7.47. The molecule has 1 aliphatic heterocycles. The molecule has 3 heterocycles. The molecule has 11 heteroatoms. The quantitative estimate of drug-likeness (QED) is 0.465. The summed E-state index contributed by atoms with van der Waals surface area (Å²) in [5.74, 6) is 2.58. The Morgan fingerprint density at radius 2 is 1.94 bits per heavy atom. The average Bonchev–Trinajstić information content (AvgIpc) is 3.32. The second kappa shape index (κ2) is 10.5. The Hall–Kier alpha value is -4.33. The minimum absolute atomic E-state index is 0.00227. The summed E-state index contributed by atoms with van der Waals surface area (Å²) in [4.78, 5) is 25.4. The maximum Gasteiger partial charge on any atom is 0.410 e. The summed E-state index contributed by atoms with van der Waals surface area (Å²) >= 11 is 0. The standard InChI is InChI=1S/C25H29N7O4/c1-25(2,3)36-24(33)32-10-8-16(9-11-32)35-17-6-7-18(20(12-17)34-5)19-13-21(31-30-19)29-23-15-27-22(26-4)14-28-23/h6-7,12-16H,8-11H2,1-3,5H3,(H2,28,29,30,31). The molecule has 0 unspecified atom stereocenters. The van der Waals surface area contributed by atoms with Crippen molar-refractivity contribution in [2.24, 2.45) is 0 Å². The van der Waals surface area contributed by atoms with Gasteiger partial charge in [-0.1, -0.05) is 6.57 Å². The van der Waals surface area contributed by atoms with Crippen LogP contribution in [-0.4, -0.2) is 63.1 Å². The summed E-state index contributed by atoms with van der Waals surface area (Å²) in [6.45, 7) is 13.7. The molecule has 1 amide bonds. The molecule has 0 atom stereocenters. The van der Waals surface area contributed by atoms with Crippen molar-refractivity contribution in [3.05, 3.63) is 48.1 Å². The molecule has 0 aliphatic carbocycles. The number of H-pyrrole nitrogens is 1. The number of rotatable bonds is 6. The van der Waals surface area contributed by atoms with E-state index in [9.17, 15) is 4.79 Å². The Labute approximate surface area is 209 Å². The summed E-state index contributed by atoms with van der Waals surface area (Å²) in [5.41, 5.74) is 1.06. The van der Waals surface area contributed by atoms with Gasteiger partial charge in [-0.3, -0.25) is 5.10 Å². The lowest BCUT2D eigenvalue weighted by molar-refractivity contribution is 0.0126. The Kier molecular flexibility index (Phi) is 7.24. The van der Waals surface area contributed by atoms with Crippen LogP contribution in [0.3, 0.4) is 0 Å². The normalized spacial score (nSPS) is 14.1. The van der Waals surface area contributed by atoms with E-state index >= 15 is 0 Å². The van der Waals surface area contributed by atoms with Crippen molar-refractivity contribution in [3.8, 4) is 22.8 Å². The van der Waals surface area contributed by atoms with E-state index in [2.05, 4.69) is 30.3 Å². The number of hydrogen-bond acceptors (Lipinski definition) is 8. The molecular weight excluding hydrogens is 462 g/mol. The molecule has 2 N–H and O–H groups in total. The summed E-state index contributed by atoms with van der Waals surface area (Å²) in [5, 5.41) is 10.3. The number of amides is 1. The second-order valence-corrected chi connectivity index (χ2v) is 9.31. The predicted octanol–water partition coefficient (Wildman–Crippen LogP) is 4.95. The first-order valence-electron chi connectivity index (χ1n) is 11.6. The fourth-order valence-corrected chi connectivity index (χ4v) is 3.74. The number of piperidine rings is 1. The van der Waals surface area contributed by atoms with Gasteiger partial charge in [-0.2, -0.15) is 5.10 Å². The fourth-order valence-electron chi connectivity index (χ4n) is 3.74.